The fourth-order valence-electron chi connectivity index (χ4n) is 2.78. The van der Waals surface area contributed by atoms with E-state index in [9.17, 15) is 18.0 Å². The molecule has 2 heterocycles. The number of carbonyl (C=O) groups is 1. The first-order valence-corrected chi connectivity index (χ1v) is 10.7. The fraction of sp³-hybridized carbons (Fsp3) is 0.100. The van der Waals surface area contributed by atoms with Crippen molar-refractivity contribution in [1.82, 2.24) is 9.97 Å². The molecular weight excluding hydrogens is 430 g/mol. The molecule has 0 saturated heterocycles. The van der Waals surface area contributed by atoms with Gasteiger partial charge >= 0.3 is 5.97 Å². The lowest BCUT2D eigenvalue weighted by molar-refractivity contribution is -0.136. The van der Waals surface area contributed by atoms with Crippen molar-refractivity contribution in [3.8, 4) is 0 Å². The minimum atomic E-state index is -3.82. The number of fused-ring (bicyclic) bond motifs is 3. The van der Waals surface area contributed by atoms with E-state index < -0.39 is 16.0 Å². The lowest BCUT2D eigenvalue weighted by Gasteiger charge is -2.10. The highest BCUT2D eigenvalue weighted by Gasteiger charge is 2.18. The van der Waals surface area contributed by atoms with Crippen LogP contribution in [0, 0.1) is 0 Å². The van der Waals surface area contributed by atoms with Gasteiger partial charge in [0.05, 0.1) is 5.02 Å². The second-order valence-corrected chi connectivity index (χ2v) is 8.32. The van der Waals surface area contributed by atoms with E-state index in [2.05, 4.69) is 14.7 Å². The molecule has 4 N–H and O–H groups in total. The number of rotatable bonds is 4. The van der Waals surface area contributed by atoms with Crippen LogP contribution < -0.4 is 10.3 Å². The van der Waals surface area contributed by atoms with Crippen LogP contribution >= 0.6 is 11.6 Å². The van der Waals surface area contributed by atoms with Gasteiger partial charge < -0.3 is 15.1 Å². The summed E-state index contributed by atoms with van der Waals surface area (Å²) < 4.78 is 27.7. The molecule has 4 aromatic rings. The molecule has 0 radical (unpaired) electrons. The minimum Gasteiger partial charge on any atom is -0.481 e. The standard InChI is InChI=1S/C17H12ClN3O3S.C3H6O2/c18-13-3-1-2-4-15(13)25(23,24)21-10-5-6-14-12(9-10)11-7-8-19-16(11)17(22)20-14;1-2-3(4)5/h1-9,19,21H,(H,20,22);2H2,1H3,(H,4,5). The maximum absolute atomic E-state index is 12.6. The summed E-state index contributed by atoms with van der Waals surface area (Å²) in [5.74, 6) is -0.745. The first kappa shape index (κ1) is 21.4. The molecule has 8 nitrogen and oxygen atoms in total. The van der Waals surface area contributed by atoms with Crippen molar-refractivity contribution >= 4 is 55.1 Å². The molecular formula is C20H18ClN3O5S. The molecule has 0 amide bonds. The summed E-state index contributed by atoms with van der Waals surface area (Å²) in [7, 11) is -3.82. The van der Waals surface area contributed by atoms with Gasteiger partial charge in [0, 0.05) is 34.6 Å². The third kappa shape index (κ3) is 4.47. The summed E-state index contributed by atoms with van der Waals surface area (Å²) in [6.07, 6.45) is 1.89. The van der Waals surface area contributed by atoms with Gasteiger partial charge in [0.15, 0.2) is 0 Å². The maximum Gasteiger partial charge on any atom is 0.303 e. The van der Waals surface area contributed by atoms with Gasteiger partial charge in [-0.25, -0.2) is 8.42 Å². The monoisotopic (exact) mass is 447 g/mol. The number of hydrogen-bond acceptors (Lipinski definition) is 4. The van der Waals surface area contributed by atoms with Crippen molar-refractivity contribution in [3.63, 3.8) is 0 Å². The Hall–Kier alpha value is -3.30. The molecule has 10 heteroatoms. The zero-order valence-corrected chi connectivity index (χ0v) is 17.3. The highest BCUT2D eigenvalue weighted by molar-refractivity contribution is 7.92. The highest BCUT2D eigenvalue weighted by atomic mass is 35.5. The molecule has 2 aromatic carbocycles. The van der Waals surface area contributed by atoms with Crippen LogP contribution in [0.3, 0.4) is 0 Å². The summed E-state index contributed by atoms with van der Waals surface area (Å²) in [5.41, 5.74) is 1.22. The number of nitrogens with one attached hydrogen (secondary N) is 3. The number of carboxylic acid groups (broad SMARTS) is 1. The number of halogens is 1. The second kappa shape index (κ2) is 8.60. The van der Waals surface area contributed by atoms with Crippen LogP contribution in [0.5, 0.6) is 0 Å². The van der Waals surface area contributed by atoms with Crippen molar-refractivity contribution in [2.45, 2.75) is 18.2 Å². The zero-order valence-electron chi connectivity index (χ0n) is 15.8. The van der Waals surface area contributed by atoms with E-state index >= 15 is 0 Å². The Kier molecular flexibility index (Phi) is 6.14. The number of aromatic nitrogens is 2. The first-order valence-electron chi connectivity index (χ1n) is 8.85. The predicted molar refractivity (Wildman–Crippen MR) is 117 cm³/mol. The summed E-state index contributed by atoms with van der Waals surface area (Å²) in [5, 5.41) is 9.32. The Bertz CT molecular complexity index is 1390. The summed E-state index contributed by atoms with van der Waals surface area (Å²) >= 11 is 5.99. The van der Waals surface area contributed by atoms with E-state index in [0.717, 1.165) is 10.8 Å². The number of aromatic amines is 2. The Labute approximate surface area is 176 Å². The van der Waals surface area contributed by atoms with Gasteiger partial charge in [-0.05, 0) is 36.4 Å². The van der Waals surface area contributed by atoms with E-state index in [0.29, 0.717) is 16.7 Å². The van der Waals surface area contributed by atoms with Crippen molar-refractivity contribution < 1.29 is 18.3 Å². The van der Waals surface area contributed by atoms with Crippen molar-refractivity contribution in [1.29, 1.82) is 0 Å². The molecule has 0 atom stereocenters. The molecule has 0 spiro atoms. The van der Waals surface area contributed by atoms with E-state index in [1.54, 1.807) is 49.5 Å². The molecule has 2 aromatic heterocycles. The van der Waals surface area contributed by atoms with Crippen molar-refractivity contribution in [2.75, 3.05) is 4.72 Å². The molecule has 156 valence electrons. The summed E-state index contributed by atoms with van der Waals surface area (Å²) in [6.45, 7) is 1.60. The van der Waals surface area contributed by atoms with Gasteiger partial charge in [-0.2, -0.15) is 0 Å². The largest absolute Gasteiger partial charge is 0.481 e. The van der Waals surface area contributed by atoms with Crippen LogP contribution in [0.2, 0.25) is 5.02 Å². The van der Waals surface area contributed by atoms with E-state index in [4.69, 9.17) is 16.7 Å². The molecule has 30 heavy (non-hydrogen) atoms. The molecule has 0 bridgehead atoms. The number of pyridine rings is 1. The van der Waals surface area contributed by atoms with Gasteiger partial charge in [-0.15, -0.1) is 0 Å². The van der Waals surface area contributed by atoms with Crippen LogP contribution in [0.15, 0.2) is 64.4 Å². The average molecular weight is 448 g/mol. The van der Waals surface area contributed by atoms with Crippen LogP contribution in [0.4, 0.5) is 5.69 Å². The van der Waals surface area contributed by atoms with Crippen molar-refractivity contribution in [2.24, 2.45) is 0 Å². The maximum atomic E-state index is 12.6. The SMILES string of the molecule is CCC(=O)O.O=c1[nH]c2ccc(NS(=O)(=O)c3ccccc3Cl)cc2c2cc[nH]c12. The highest BCUT2D eigenvalue weighted by Crippen LogP contribution is 2.27. The fourth-order valence-corrected chi connectivity index (χ4v) is 4.35. The topological polar surface area (TPSA) is 132 Å². The second-order valence-electron chi connectivity index (χ2n) is 6.26. The Morgan fingerprint density at radius 3 is 2.50 bits per heavy atom. The molecule has 4 rings (SSSR count). The Balaban J connectivity index is 0.000000461. The Morgan fingerprint density at radius 1 is 1.13 bits per heavy atom. The third-order valence-corrected chi connectivity index (χ3v) is 6.09. The van der Waals surface area contributed by atoms with E-state index in [-0.39, 0.29) is 21.9 Å². The molecule has 0 aliphatic carbocycles. The number of anilines is 1. The van der Waals surface area contributed by atoms with E-state index in [1.165, 1.54) is 12.1 Å². The van der Waals surface area contributed by atoms with Crippen LogP contribution in [0.25, 0.3) is 21.8 Å². The van der Waals surface area contributed by atoms with Gasteiger partial charge in [0.25, 0.3) is 15.6 Å². The lowest BCUT2D eigenvalue weighted by atomic mass is 10.1. The molecule has 0 fully saturated rings. The number of benzene rings is 2. The van der Waals surface area contributed by atoms with Gasteiger partial charge in [0.2, 0.25) is 0 Å². The number of sulfonamides is 1. The van der Waals surface area contributed by atoms with Crippen molar-refractivity contribution in [3.05, 3.63) is 70.1 Å². The van der Waals surface area contributed by atoms with Gasteiger partial charge in [-0.3, -0.25) is 14.3 Å². The normalized spacial score (nSPS) is 11.1. The zero-order chi connectivity index (χ0) is 21.9. The minimum absolute atomic E-state index is 0.00465. The van der Waals surface area contributed by atoms with Crippen LogP contribution in [-0.2, 0) is 14.8 Å². The third-order valence-electron chi connectivity index (χ3n) is 4.21. The van der Waals surface area contributed by atoms with Gasteiger partial charge in [-0.1, -0.05) is 30.7 Å². The smallest absolute Gasteiger partial charge is 0.303 e. The quantitative estimate of drug-likeness (QED) is 0.376. The van der Waals surface area contributed by atoms with Crippen LogP contribution in [0.1, 0.15) is 13.3 Å². The number of carboxylic acids is 1. The number of hydrogen-bond donors (Lipinski definition) is 4. The Morgan fingerprint density at radius 2 is 1.83 bits per heavy atom. The molecule has 0 saturated carbocycles. The molecule has 0 aliphatic rings. The number of H-pyrrole nitrogens is 2. The molecule has 0 unspecified atom stereocenters. The van der Waals surface area contributed by atoms with Crippen LogP contribution in [-0.4, -0.2) is 29.5 Å². The van der Waals surface area contributed by atoms with Gasteiger partial charge in [0.1, 0.15) is 10.4 Å². The molecule has 0 aliphatic heterocycles. The number of aliphatic carboxylic acids is 1. The van der Waals surface area contributed by atoms with E-state index in [1.807, 2.05) is 0 Å². The summed E-state index contributed by atoms with van der Waals surface area (Å²) in [4.78, 5) is 27.0. The summed E-state index contributed by atoms with van der Waals surface area (Å²) in [6, 6.07) is 12.9. The predicted octanol–water partition coefficient (Wildman–Crippen LogP) is 3.94. The first-order chi connectivity index (χ1) is 14.2. The lowest BCUT2D eigenvalue weighted by Crippen LogP contribution is -2.13. The average Bonchev–Trinajstić information content (AvgIpc) is 3.20.